The molecule has 0 fully saturated rings. The predicted octanol–water partition coefficient (Wildman–Crippen LogP) is 17.1. The van der Waals surface area contributed by atoms with Crippen LogP contribution < -0.4 is 0 Å². The van der Waals surface area contributed by atoms with Crippen molar-refractivity contribution >= 4 is 0 Å². The van der Waals surface area contributed by atoms with E-state index in [0.717, 1.165) is 38.9 Å². The maximum Gasteiger partial charge on any atom is 0.164 e. The highest BCUT2D eigenvalue weighted by Crippen LogP contribution is 2.64. The Bertz CT molecular complexity index is 4600. The lowest BCUT2D eigenvalue weighted by molar-refractivity contribution is 0.754. The average molecular weight is 1030 g/mol. The van der Waals surface area contributed by atoms with Crippen molar-refractivity contribution in [1.82, 2.24) is 29.9 Å². The van der Waals surface area contributed by atoms with Gasteiger partial charge in [-0.1, -0.05) is 255 Å². The molecule has 0 amide bonds. The fraction of sp³-hybridized carbons (Fsp3) is 0.0400. The van der Waals surface area contributed by atoms with Crippen LogP contribution in [0, 0.1) is 0 Å². The highest BCUT2D eigenvalue weighted by atomic mass is 15.0. The van der Waals surface area contributed by atoms with Crippen molar-refractivity contribution in [2.75, 3.05) is 0 Å². The Hall–Kier alpha value is -10.6. The summed E-state index contributed by atoms with van der Waals surface area (Å²) in [5.74, 6) is 3.84. The predicted molar refractivity (Wildman–Crippen MR) is 322 cm³/mol. The van der Waals surface area contributed by atoms with Gasteiger partial charge in [0.2, 0.25) is 0 Å². The second-order valence-electron chi connectivity index (χ2n) is 21.6. The van der Waals surface area contributed by atoms with E-state index < -0.39 is 5.41 Å². The van der Waals surface area contributed by atoms with Crippen LogP contribution in [0.15, 0.2) is 267 Å². The molecule has 0 radical (unpaired) electrons. The van der Waals surface area contributed by atoms with Crippen LogP contribution in [0.4, 0.5) is 0 Å². The van der Waals surface area contributed by atoms with E-state index in [1.54, 1.807) is 0 Å². The van der Waals surface area contributed by atoms with Crippen LogP contribution in [-0.2, 0) is 5.41 Å². The maximum atomic E-state index is 5.34. The van der Waals surface area contributed by atoms with Gasteiger partial charge in [0.25, 0.3) is 0 Å². The van der Waals surface area contributed by atoms with E-state index in [4.69, 9.17) is 29.9 Å². The summed E-state index contributed by atoms with van der Waals surface area (Å²) < 4.78 is 0. The van der Waals surface area contributed by atoms with Crippen LogP contribution in [0.25, 0.3) is 102 Å². The molecule has 2 aromatic heterocycles. The van der Waals surface area contributed by atoms with Crippen molar-refractivity contribution in [3.8, 4) is 102 Å². The molecule has 6 nitrogen and oxygen atoms in total. The zero-order valence-corrected chi connectivity index (χ0v) is 43.7. The topological polar surface area (TPSA) is 77.3 Å². The molecular weight excluding hydrogens is 985 g/mol. The lowest BCUT2D eigenvalue weighted by Crippen LogP contribution is -2.27. The Balaban J connectivity index is 0.759. The standard InChI is InChI=1S/C75H46N6/c1-4-19-46(20-5-1)69-76-70(47-21-6-2-7-22-47)79-73(78-69)50-39-41-57-60(43-50)66-55-27-10-11-28-56(55)67(57)61-44-51(40-42-58(61)66)74-80-71(48-23-8-3-9-24-48)77-72(81-74)49-37-35-45(36-38-49)52-30-18-34-65-68(52)59-29-14-17-33-64(59)75(65)62-31-15-12-25-53(62)54-26-13-16-32-63(54)75/h1-44,66-67H. The highest BCUT2D eigenvalue weighted by Gasteiger charge is 2.52. The van der Waals surface area contributed by atoms with Gasteiger partial charge in [-0.2, -0.15) is 0 Å². The molecule has 2 unspecified atom stereocenters. The van der Waals surface area contributed by atoms with Gasteiger partial charge in [0.1, 0.15) is 0 Å². The molecule has 2 heterocycles. The van der Waals surface area contributed by atoms with E-state index in [2.05, 4.69) is 212 Å². The van der Waals surface area contributed by atoms with E-state index in [9.17, 15) is 0 Å². The van der Waals surface area contributed by atoms with E-state index in [1.807, 2.05) is 54.6 Å². The summed E-state index contributed by atoms with van der Waals surface area (Å²) in [5, 5.41) is 0. The van der Waals surface area contributed by atoms with Gasteiger partial charge in [-0.15, -0.1) is 0 Å². The van der Waals surface area contributed by atoms with Crippen molar-refractivity contribution in [3.63, 3.8) is 0 Å². The molecule has 1 spiro atoms. The van der Waals surface area contributed by atoms with Crippen LogP contribution in [-0.4, -0.2) is 29.9 Å². The Morgan fingerprint density at radius 2 is 0.519 bits per heavy atom. The van der Waals surface area contributed by atoms with Crippen LogP contribution in [0.2, 0.25) is 0 Å². The van der Waals surface area contributed by atoms with Gasteiger partial charge in [0.05, 0.1) is 5.41 Å². The highest BCUT2D eigenvalue weighted by molar-refractivity contribution is 6.00. The number of benzene rings is 11. The molecule has 5 aliphatic rings. The first kappa shape index (κ1) is 45.5. The molecule has 0 aliphatic heterocycles. The summed E-state index contributed by atoms with van der Waals surface area (Å²) in [7, 11) is 0. The van der Waals surface area contributed by atoms with Gasteiger partial charge in [-0.3, -0.25) is 0 Å². The zero-order valence-electron chi connectivity index (χ0n) is 43.7. The molecule has 11 aromatic carbocycles. The first-order chi connectivity index (χ1) is 40.2. The minimum absolute atomic E-state index is 0.00481. The molecule has 0 saturated heterocycles. The van der Waals surface area contributed by atoms with E-state index >= 15 is 0 Å². The molecule has 6 heteroatoms. The first-order valence-corrected chi connectivity index (χ1v) is 27.7. The molecular formula is C75H46N6. The Kier molecular flexibility index (Phi) is 9.95. The minimum atomic E-state index is -0.409. The quantitative estimate of drug-likeness (QED) is 0.158. The summed E-state index contributed by atoms with van der Waals surface area (Å²) in [6.45, 7) is 0. The molecule has 13 aromatic rings. The Morgan fingerprint density at radius 1 is 0.210 bits per heavy atom. The molecule has 0 saturated carbocycles. The average Bonchev–Trinajstić information content (AvgIpc) is 3.46. The van der Waals surface area contributed by atoms with Gasteiger partial charge in [0, 0.05) is 45.2 Å². The number of hydrogen-bond acceptors (Lipinski definition) is 6. The summed E-state index contributed by atoms with van der Waals surface area (Å²) in [6.07, 6.45) is 0. The monoisotopic (exact) mass is 1030 g/mol. The largest absolute Gasteiger partial charge is 0.208 e. The fourth-order valence-electron chi connectivity index (χ4n) is 14.0. The number of rotatable bonds is 7. The van der Waals surface area contributed by atoms with E-state index in [-0.39, 0.29) is 11.8 Å². The molecule has 376 valence electrons. The summed E-state index contributed by atoms with van der Waals surface area (Å²) in [5.41, 5.74) is 25.9. The Morgan fingerprint density at radius 3 is 0.975 bits per heavy atom. The lowest BCUT2D eigenvalue weighted by Gasteiger charge is -2.42. The molecule has 2 bridgehead atoms. The number of fused-ring (bicyclic) bond motifs is 10. The van der Waals surface area contributed by atoms with E-state index in [1.165, 1.54) is 83.5 Å². The third-order valence-corrected chi connectivity index (χ3v) is 17.4. The molecule has 2 atom stereocenters. The van der Waals surface area contributed by atoms with Crippen molar-refractivity contribution in [1.29, 1.82) is 0 Å². The van der Waals surface area contributed by atoms with Gasteiger partial charge < -0.3 is 0 Å². The van der Waals surface area contributed by atoms with Crippen molar-refractivity contribution < 1.29 is 0 Å². The third kappa shape index (κ3) is 6.80. The first-order valence-electron chi connectivity index (χ1n) is 27.7. The second-order valence-corrected chi connectivity index (χ2v) is 21.6. The normalized spacial score (nSPS) is 15.0. The van der Waals surface area contributed by atoms with E-state index in [0.29, 0.717) is 34.9 Å². The maximum absolute atomic E-state index is 5.34. The fourth-order valence-corrected chi connectivity index (χ4v) is 14.0. The number of nitrogens with zero attached hydrogens (tertiary/aromatic N) is 6. The Labute approximate surface area is 469 Å². The lowest BCUT2D eigenvalue weighted by atomic mass is 9.61. The second kappa shape index (κ2) is 17.7. The molecule has 18 rings (SSSR count). The van der Waals surface area contributed by atoms with Crippen molar-refractivity contribution in [3.05, 3.63) is 323 Å². The van der Waals surface area contributed by atoms with Crippen molar-refractivity contribution in [2.24, 2.45) is 0 Å². The zero-order chi connectivity index (χ0) is 53.2. The number of aromatic nitrogens is 6. The SMILES string of the molecule is c1ccc(-c2nc(-c3ccccc3)nc(-c3ccc4c(c3)C3c5ccccc5C4c4cc(-c5nc(-c6ccccc6)nc(-c6ccc(-c7cccc8c7-c7ccccc7C87c8ccccc8-c8ccccc87)cc6)n5)ccc43)n2)cc1. The smallest absolute Gasteiger partial charge is 0.164 e. The van der Waals surface area contributed by atoms with Crippen LogP contribution >= 0.6 is 0 Å². The van der Waals surface area contributed by atoms with Gasteiger partial charge in [-0.25, -0.2) is 29.9 Å². The minimum Gasteiger partial charge on any atom is -0.208 e. The van der Waals surface area contributed by atoms with Crippen LogP contribution in [0.1, 0.15) is 67.5 Å². The molecule has 81 heavy (non-hydrogen) atoms. The number of hydrogen-bond donors (Lipinski definition) is 0. The van der Waals surface area contributed by atoms with Crippen LogP contribution in [0.5, 0.6) is 0 Å². The van der Waals surface area contributed by atoms with Gasteiger partial charge in [0.15, 0.2) is 34.9 Å². The van der Waals surface area contributed by atoms with Crippen LogP contribution in [0.3, 0.4) is 0 Å². The molecule has 5 aliphatic carbocycles. The summed E-state index contributed by atoms with van der Waals surface area (Å²) >= 11 is 0. The molecule has 0 N–H and O–H groups in total. The van der Waals surface area contributed by atoms with Gasteiger partial charge in [-0.05, 0) is 101 Å². The third-order valence-electron chi connectivity index (χ3n) is 17.4. The van der Waals surface area contributed by atoms with Crippen molar-refractivity contribution in [2.45, 2.75) is 17.3 Å². The summed E-state index contributed by atoms with van der Waals surface area (Å²) in [6, 6.07) is 95.9. The van der Waals surface area contributed by atoms with Gasteiger partial charge >= 0.3 is 0 Å². The summed E-state index contributed by atoms with van der Waals surface area (Å²) in [4.78, 5) is 31.0.